The van der Waals surface area contributed by atoms with E-state index in [1.807, 2.05) is 25.1 Å². The third kappa shape index (κ3) is 2.43. The third-order valence-electron chi connectivity index (χ3n) is 3.45. The van der Waals surface area contributed by atoms with E-state index in [9.17, 15) is 9.90 Å². The van der Waals surface area contributed by atoms with Crippen LogP contribution < -0.4 is 4.74 Å². The highest BCUT2D eigenvalue weighted by molar-refractivity contribution is 5.82. The van der Waals surface area contributed by atoms with Crippen LogP contribution in [0.4, 0.5) is 0 Å². The fraction of sp³-hybridized carbons (Fsp3) is 0.500. The molecule has 0 fully saturated rings. The lowest BCUT2D eigenvalue weighted by Crippen LogP contribution is -2.32. The lowest BCUT2D eigenvalue weighted by molar-refractivity contribution is -0.143. The summed E-state index contributed by atoms with van der Waals surface area (Å²) in [4.78, 5) is 11.5. The lowest BCUT2D eigenvalue weighted by Gasteiger charge is -2.26. The highest BCUT2D eigenvalue weighted by atomic mass is 16.5. The van der Waals surface area contributed by atoms with Gasteiger partial charge < -0.3 is 9.84 Å². The second-order valence-electron chi connectivity index (χ2n) is 4.38. The van der Waals surface area contributed by atoms with Gasteiger partial charge in [0.2, 0.25) is 0 Å². The molecule has 3 heteroatoms. The molecular formula is C14H20O3. The number of benzene rings is 1. The van der Waals surface area contributed by atoms with Crippen molar-refractivity contribution < 1.29 is 14.6 Å². The average Bonchev–Trinajstić information content (AvgIpc) is 2.36. The molecule has 0 aliphatic heterocycles. The minimum Gasteiger partial charge on any atom is -0.496 e. The van der Waals surface area contributed by atoms with Crippen molar-refractivity contribution in [1.29, 1.82) is 0 Å². The van der Waals surface area contributed by atoms with Gasteiger partial charge in [-0.1, -0.05) is 26.0 Å². The largest absolute Gasteiger partial charge is 0.496 e. The molecule has 0 saturated heterocycles. The second kappa shape index (κ2) is 5.21. The van der Waals surface area contributed by atoms with Crippen molar-refractivity contribution in [1.82, 2.24) is 0 Å². The molecule has 1 unspecified atom stereocenters. The molecule has 0 aromatic heterocycles. The van der Waals surface area contributed by atoms with Crippen LogP contribution in [0, 0.1) is 0 Å². The summed E-state index contributed by atoms with van der Waals surface area (Å²) < 4.78 is 5.28. The first-order chi connectivity index (χ1) is 7.99. The minimum absolute atomic E-state index is 0.534. The zero-order valence-corrected chi connectivity index (χ0v) is 10.9. The number of methoxy groups -OCH3 is 1. The van der Waals surface area contributed by atoms with Crippen molar-refractivity contribution in [2.45, 2.75) is 39.0 Å². The summed E-state index contributed by atoms with van der Waals surface area (Å²) in [7, 11) is 1.57. The molecule has 0 aliphatic rings. The molecule has 3 nitrogen and oxygen atoms in total. The van der Waals surface area contributed by atoms with E-state index in [0.717, 1.165) is 17.5 Å². The number of rotatable bonds is 5. The first-order valence-electron chi connectivity index (χ1n) is 5.90. The molecule has 94 valence electrons. The number of aliphatic carboxylic acids is 1. The summed E-state index contributed by atoms with van der Waals surface area (Å²) in [6, 6.07) is 5.77. The Hall–Kier alpha value is -1.51. The number of ether oxygens (including phenoxy) is 1. The summed E-state index contributed by atoms with van der Waals surface area (Å²) in [5.74, 6) is -0.166. The molecule has 0 bridgehead atoms. The highest BCUT2D eigenvalue weighted by Crippen LogP contribution is 2.35. The van der Waals surface area contributed by atoms with E-state index in [4.69, 9.17) is 4.74 Å². The van der Waals surface area contributed by atoms with E-state index in [1.54, 1.807) is 14.0 Å². The van der Waals surface area contributed by atoms with Gasteiger partial charge in [-0.3, -0.25) is 4.79 Å². The number of hydrogen-bond donors (Lipinski definition) is 1. The van der Waals surface area contributed by atoms with Crippen molar-refractivity contribution in [3.63, 3.8) is 0 Å². The standard InChI is InChI=1S/C14H20O3/c1-5-10-7-8-12(17-4)11(9-10)14(3,6-2)13(15)16/h7-9H,5-6H2,1-4H3,(H,15,16). The molecule has 1 aromatic carbocycles. The van der Waals surface area contributed by atoms with Crippen LogP contribution in [0.15, 0.2) is 18.2 Å². The fourth-order valence-corrected chi connectivity index (χ4v) is 1.86. The van der Waals surface area contributed by atoms with Crippen LogP contribution in [-0.2, 0) is 16.6 Å². The predicted molar refractivity (Wildman–Crippen MR) is 67.7 cm³/mol. The Morgan fingerprint density at radius 2 is 2.06 bits per heavy atom. The number of aryl methyl sites for hydroxylation is 1. The Morgan fingerprint density at radius 1 is 1.41 bits per heavy atom. The molecule has 0 radical (unpaired) electrons. The van der Waals surface area contributed by atoms with Gasteiger partial charge in [-0.05, 0) is 31.4 Å². The van der Waals surface area contributed by atoms with Crippen LogP contribution in [0.3, 0.4) is 0 Å². The molecule has 1 N–H and O–H groups in total. The maximum atomic E-state index is 11.5. The Morgan fingerprint density at radius 3 is 2.47 bits per heavy atom. The van der Waals surface area contributed by atoms with Gasteiger partial charge in [0.1, 0.15) is 5.75 Å². The molecule has 17 heavy (non-hydrogen) atoms. The van der Waals surface area contributed by atoms with Gasteiger partial charge in [-0.15, -0.1) is 0 Å². The SMILES string of the molecule is CCc1ccc(OC)c(C(C)(CC)C(=O)O)c1. The second-order valence-corrected chi connectivity index (χ2v) is 4.38. The van der Waals surface area contributed by atoms with Crippen molar-refractivity contribution in [3.05, 3.63) is 29.3 Å². The molecule has 1 rings (SSSR count). The maximum Gasteiger partial charge on any atom is 0.313 e. The van der Waals surface area contributed by atoms with E-state index in [0.29, 0.717) is 12.2 Å². The summed E-state index contributed by atoms with van der Waals surface area (Å²) in [5, 5.41) is 9.41. The normalized spacial score (nSPS) is 14.1. The topological polar surface area (TPSA) is 46.5 Å². The van der Waals surface area contributed by atoms with Crippen molar-refractivity contribution >= 4 is 5.97 Å². The van der Waals surface area contributed by atoms with Gasteiger partial charge in [0.25, 0.3) is 0 Å². The Kier molecular flexibility index (Phi) is 4.16. The van der Waals surface area contributed by atoms with Crippen molar-refractivity contribution in [2.24, 2.45) is 0 Å². The first kappa shape index (κ1) is 13.6. The van der Waals surface area contributed by atoms with Gasteiger partial charge in [0.15, 0.2) is 0 Å². The zero-order valence-electron chi connectivity index (χ0n) is 10.9. The van der Waals surface area contributed by atoms with Crippen LogP contribution in [0.2, 0.25) is 0 Å². The van der Waals surface area contributed by atoms with Crippen LogP contribution >= 0.6 is 0 Å². The molecule has 1 aromatic rings. The summed E-state index contributed by atoms with van der Waals surface area (Å²) >= 11 is 0. The lowest BCUT2D eigenvalue weighted by atomic mass is 9.79. The molecule has 0 amide bonds. The molecule has 0 heterocycles. The van der Waals surface area contributed by atoms with Gasteiger partial charge in [0, 0.05) is 5.56 Å². The third-order valence-corrected chi connectivity index (χ3v) is 3.45. The van der Waals surface area contributed by atoms with E-state index in [1.165, 1.54) is 0 Å². The average molecular weight is 236 g/mol. The number of carboxylic acid groups (broad SMARTS) is 1. The monoisotopic (exact) mass is 236 g/mol. The smallest absolute Gasteiger partial charge is 0.313 e. The van der Waals surface area contributed by atoms with Crippen LogP contribution in [0.25, 0.3) is 0 Å². The van der Waals surface area contributed by atoms with Crippen molar-refractivity contribution in [2.75, 3.05) is 7.11 Å². The highest BCUT2D eigenvalue weighted by Gasteiger charge is 2.35. The summed E-state index contributed by atoms with van der Waals surface area (Å²) in [6.45, 7) is 5.68. The Balaban J connectivity index is 3.39. The quantitative estimate of drug-likeness (QED) is 0.854. The number of carbonyl (C=O) groups is 1. The maximum absolute atomic E-state index is 11.5. The number of hydrogen-bond acceptors (Lipinski definition) is 2. The van der Waals surface area contributed by atoms with Crippen LogP contribution in [-0.4, -0.2) is 18.2 Å². The van der Waals surface area contributed by atoms with Crippen LogP contribution in [0.1, 0.15) is 38.3 Å². The molecule has 0 saturated carbocycles. The molecule has 1 atom stereocenters. The van der Waals surface area contributed by atoms with Crippen LogP contribution in [0.5, 0.6) is 5.75 Å². The Labute approximate surface area is 102 Å². The van der Waals surface area contributed by atoms with Gasteiger partial charge in [-0.25, -0.2) is 0 Å². The summed E-state index contributed by atoms with van der Waals surface area (Å²) in [6.07, 6.45) is 1.42. The molecule has 0 aliphatic carbocycles. The van der Waals surface area contributed by atoms with E-state index in [-0.39, 0.29) is 0 Å². The van der Waals surface area contributed by atoms with Gasteiger partial charge >= 0.3 is 5.97 Å². The minimum atomic E-state index is -0.892. The zero-order chi connectivity index (χ0) is 13.1. The van der Waals surface area contributed by atoms with E-state index in [2.05, 4.69) is 6.92 Å². The fourth-order valence-electron chi connectivity index (χ4n) is 1.86. The van der Waals surface area contributed by atoms with E-state index >= 15 is 0 Å². The Bertz CT molecular complexity index is 412. The van der Waals surface area contributed by atoms with Crippen molar-refractivity contribution in [3.8, 4) is 5.75 Å². The summed E-state index contributed by atoms with van der Waals surface area (Å²) in [5.41, 5.74) is 0.993. The van der Waals surface area contributed by atoms with E-state index < -0.39 is 11.4 Å². The predicted octanol–water partition coefficient (Wildman–Crippen LogP) is 3.01. The van der Waals surface area contributed by atoms with Gasteiger partial charge in [0.05, 0.1) is 12.5 Å². The molecule has 0 spiro atoms. The first-order valence-corrected chi connectivity index (χ1v) is 5.90. The molecular weight excluding hydrogens is 216 g/mol. The number of carboxylic acids is 1. The van der Waals surface area contributed by atoms with Gasteiger partial charge in [-0.2, -0.15) is 0 Å².